The molecule has 4 aliphatic carbocycles. The van der Waals surface area contributed by atoms with E-state index in [4.69, 9.17) is 4.74 Å². The molecule has 0 radical (unpaired) electrons. The van der Waals surface area contributed by atoms with E-state index < -0.39 is 5.60 Å². The minimum absolute atomic E-state index is 0.335. The smallest absolute Gasteiger partial charge is 0.0622 e. The lowest BCUT2D eigenvalue weighted by Gasteiger charge is -2.62. The van der Waals surface area contributed by atoms with Crippen molar-refractivity contribution in [2.75, 3.05) is 13.2 Å². The van der Waals surface area contributed by atoms with Gasteiger partial charge in [0.15, 0.2) is 0 Å². The minimum atomic E-state index is -0.456. The molecule has 2 heteroatoms. The monoisotopic (exact) mass is 360 g/mol. The van der Waals surface area contributed by atoms with Gasteiger partial charge in [-0.3, -0.25) is 0 Å². The van der Waals surface area contributed by atoms with Gasteiger partial charge >= 0.3 is 0 Å². The van der Waals surface area contributed by atoms with Gasteiger partial charge in [0.25, 0.3) is 0 Å². The highest BCUT2D eigenvalue weighted by Gasteiger charge is 2.61. The van der Waals surface area contributed by atoms with Crippen LogP contribution in [0.1, 0.15) is 85.5 Å². The molecule has 4 aliphatic rings. The number of rotatable bonds is 3. The van der Waals surface area contributed by atoms with Gasteiger partial charge in [0.2, 0.25) is 0 Å². The van der Waals surface area contributed by atoms with Crippen molar-refractivity contribution in [2.24, 2.45) is 34.5 Å². The van der Waals surface area contributed by atoms with Crippen LogP contribution in [0.5, 0.6) is 0 Å². The lowest BCUT2D eigenvalue weighted by Crippen LogP contribution is -2.58. The number of ether oxygens (including phenoxy) is 1. The molecule has 0 aromatic rings. The zero-order valence-electron chi connectivity index (χ0n) is 17.5. The molecule has 1 N–H and O–H groups in total. The Hall–Kier alpha value is -0.340. The highest BCUT2D eigenvalue weighted by atomic mass is 16.5. The van der Waals surface area contributed by atoms with Gasteiger partial charge in [-0.15, -0.1) is 0 Å². The molecule has 0 unspecified atom stereocenters. The lowest BCUT2D eigenvalue weighted by molar-refractivity contribution is -0.172. The first-order valence-electron chi connectivity index (χ1n) is 11.3. The number of hydrogen-bond donors (Lipinski definition) is 1. The molecule has 0 amide bonds. The van der Waals surface area contributed by atoms with Gasteiger partial charge in [0, 0.05) is 6.61 Å². The maximum atomic E-state index is 10.8. The number of aliphatic hydroxyl groups is 1. The number of hydrogen-bond acceptors (Lipinski definition) is 2. The molecule has 7 atom stereocenters. The maximum absolute atomic E-state index is 10.8. The first-order chi connectivity index (χ1) is 12.4. The van der Waals surface area contributed by atoms with Gasteiger partial charge in [-0.2, -0.15) is 0 Å². The zero-order valence-corrected chi connectivity index (χ0v) is 17.5. The average molecular weight is 361 g/mol. The van der Waals surface area contributed by atoms with Crippen LogP contribution in [0, 0.1) is 34.5 Å². The van der Waals surface area contributed by atoms with E-state index in [2.05, 4.69) is 33.8 Å². The largest absolute Gasteiger partial charge is 0.390 e. The molecular weight excluding hydrogens is 320 g/mol. The lowest BCUT2D eigenvalue weighted by atomic mass is 9.44. The van der Waals surface area contributed by atoms with Crippen LogP contribution in [-0.4, -0.2) is 23.9 Å². The summed E-state index contributed by atoms with van der Waals surface area (Å²) in [4.78, 5) is 0. The van der Waals surface area contributed by atoms with Crippen LogP contribution in [0.3, 0.4) is 0 Å². The molecule has 0 heterocycles. The first-order valence-corrected chi connectivity index (χ1v) is 11.3. The predicted octanol–water partition coefficient (Wildman–Crippen LogP) is 5.74. The van der Waals surface area contributed by atoms with Crippen LogP contribution in [0.25, 0.3) is 0 Å². The normalized spacial score (nSPS) is 52.4. The summed E-state index contributed by atoms with van der Waals surface area (Å²) in [6.07, 6.45) is 13.7. The van der Waals surface area contributed by atoms with Crippen molar-refractivity contribution in [1.29, 1.82) is 0 Å². The molecule has 0 aromatic carbocycles. The molecule has 0 bridgehead atoms. The summed E-state index contributed by atoms with van der Waals surface area (Å²) in [5.74, 6) is 3.24. The Morgan fingerprint density at radius 2 is 1.88 bits per heavy atom. The maximum Gasteiger partial charge on any atom is 0.0622 e. The number of allylic oxidation sites excluding steroid dienone is 2. The Labute approximate surface area is 160 Å². The fourth-order valence-corrected chi connectivity index (χ4v) is 8.13. The third kappa shape index (κ3) is 2.73. The van der Waals surface area contributed by atoms with Crippen molar-refractivity contribution >= 4 is 0 Å². The second kappa shape index (κ2) is 6.62. The summed E-state index contributed by atoms with van der Waals surface area (Å²) in [5.41, 5.74) is 2.09. The Morgan fingerprint density at radius 1 is 1.08 bits per heavy atom. The van der Waals surface area contributed by atoms with Crippen LogP contribution < -0.4 is 0 Å². The van der Waals surface area contributed by atoms with Gasteiger partial charge in [0.05, 0.1) is 12.2 Å². The summed E-state index contributed by atoms with van der Waals surface area (Å²) in [6, 6.07) is 0. The molecule has 4 rings (SSSR count). The van der Waals surface area contributed by atoms with Crippen molar-refractivity contribution in [3.63, 3.8) is 0 Å². The number of fused-ring (bicyclic) bond motifs is 5. The Bertz CT molecular complexity index is 565. The molecule has 148 valence electrons. The Balaban J connectivity index is 1.65. The van der Waals surface area contributed by atoms with Crippen LogP contribution >= 0.6 is 0 Å². The fraction of sp³-hybridized carbons (Fsp3) is 0.917. The van der Waals surface area contributed by atoms with Gasteiger partial charge in [-0.05, 0) is 113 Å². The minimum Gasteiger partial charge on any atom is -0.390 e. The van der Waals surface area contributed by atoms with Crippen molar-refractivity contribution in [3.8, 4) is 0 Å². The van der Waals surface area contributed by atoms with Gasteiger partial charge in [0.1, 0.15) is 0 Å². The fourth-order valence-electron chi connectivity index (χ4n) is 8.13. The van der Waals surface area contributed by atoms with Gasteiger partial charge in [-0.25, -0.2) is 0 Å². The van der Waals surface area contributed by atoms with E-state index in [1.807, 2.05) is 0 Å². The van der Waals surface area contributed by atoms with Crippen LogP contribution in [-0.2, 0) is 4.74 Å². The van der Waals surface area contributed by atoms with E-state index in [0.29, 0.717) is 16.7 Å². The average Bonchev–Trinajstić information content (AvgIpc) is 2.96. The van der Waals surface area contributed by atoms with Crippen molar-refractivity contribution in [3.05, 3.63) is 11.6 Å². The van der Waals surface area contributed by atoms with Crippen molar-refractivity contribution in [1.82, 2.24) is 0 Å². The quantitative estimate of drug-likeness (QED) is 0.650. The molecule has 0 spiro atoms. The molecule has 0 saturated heterocycles. The molecule has 0 aliphatic heterocycles. The van der Waals surface area contributed by atoms with E-state index in [9.17, 15) is 5.11 Å². The standard InChI is InChI=1S/C24H40O2/c1-5-17-8-10-20-19-9-7-18-15-22(3,25)13-14-24(18,16-26-6-2)21(19)11-12-23(17,20)4/h5,18-21,25H,6-16H2,1-4H3/t18-,19-,20-,21-,22+,23+,24+/m0/s1. The SMILES string of the molecule is CC=C1CC[C@H]2[C@@H]3CC[C@H]4C[C@](C)(O)CC[C@]4(COCC)[C@H]3CC[C@]12C. The van der Waals surface area contributed by atoms with Crippen LogP contribution in [0.2, 0.25) is 0 Å². The second-order valence-electron chi connectivity index (χ2n) is 10.5. The second-order valence-corrected chi connectivity index (χ2v) is 10.5. The van der Waals surface area contributed by atoms with E-state index in [1.165, 1.54) is 44.9 Å². The topological polar surface area (TPSA) is 29.5 Å². The summed E-state index contributed by atoms with van der Waals surface area (Å²) in [5, 5.41) is 10.8. The highest BCUT2D eigenvalue weighted by molar-refractivity contribution is 5.24. The Morgan fingerprint density at radius 3 is 2.62 bits per heavy atom. The molecule has 26 heavy (non-hydrogen) atoms. The van der Waals surface area contributed by atoms with Gasteiger partial charge < -0.3 is 9.84 Å². The van der Waals surface area contributed by atoms with E-state index in [0.717, 1.165) is 43.8 Å². The van der Waals surface area contributed by atoms with E-state index >= 15 is 0 Å². The van der Waals surface area contributed by atoms with Crippen molar-refractivity contribution < 1.29 is 9.84 Å². The van der Waals surface area contributed by atoms with Crippen molar-refractivity contribution in [2.45, 2.75) is 91.1 Å². The summed E-state index contributed by atoms with van der Waals surface area (Å²) in [7, 11) is 0. The first kappa shape index (κ1) is 19.0. The summed E-state index contributed by atoms with van der Waals surface area (Å²) < 4.78 is 6.14. The van der Waals surface area contributed by atoms with E-state index in [-0.39, 0.29) is 0 Å². The third-order valence-electron chi connectivity index (χ3n) is 9.42. The summed E-state index contributed by atoms with van der Waals surface area (Å²) in [6.45, 7) is 10.8. The van der Waals surface area contributed by atoms with E-state index in [1.54, 1.807) is 5.57 Å². The third-order valence-corrected chi connectivity index (χ3v) is 9.42. The molecule has 4 saturated carbocycles. The van der Waals surface area contributed by atoms with Crippen LogP contribution in [0.15, 0.2) is 11.6 Å². The molecular formula is C24H40O2. The highest BCUT2D eigenvalue weighted by Crippen LogP contribution is 2.68. The molecule has 2 nitrogen and oxygen atoms in total. The van der Waals surface area contributed by atoms with Crippen LogP contribution in [0.4, 0.5) is 0 Å². The van der Waals surface area contributed by atoms with Gasteiger partial charge in [-0.1, -0.05) is 18.6 Å². The Kier molecular flexibility index (Phi) is 4.84. The predicted molar refractivity (Wildman–Crippen MR) is 107 cm³/mol. The molecule has 4 fully saturated rings. The zero-order chi connectivity index (χ0) is 18.6. The summed E-state index contributed by atoms with van der Waals surface area (Å²) >= 11 is 0. The molecule has 0 aromatic heterocycles.